The second-order valence-electron chi connectivity index (χ2n) is 5.89. The molecule has 0 saturated carbocycles. The van der Waals surface area contributed by atoms with E-state index in [-0.39, 0.29) is 5.56 Å². The predicted molar refractivity (Wildman–Crippen MR) is 100 cm³/mol. The number of aromatic nitrogens is 2. The smallest absolute Gasteiger partial charge is 0.261 e. The van der Waals surface area contributed by atoms with Crippen LogP contribution in [0, 0.1) is 0 Å². The third kappa shape index (κ3) is 3.37. The van der Waals surface area contributed by atoms with Crippen LogP contribution in [-0.2, 0) is 20.1 Å². The average Bonchev–Trinajstić information content (AvgIpc) is 2.60. The number of thioether (sulfide) groups is 1. The van der Waals surface area contributed by atoms with Gasteiger partial charge in [0.15, 0.2) is 0 Å². The zero-order chi connectivity index (χ0) is 17.1. The number of benzene rings is 2. The van der Waals surface area contributed by atoms with Gasteiger partial charge in [-0.1, -0.05) is 30.3 Å². The first kappa shape index (κ1) is 16.7. The van der Waals surface area contributed by atoms with Gasteiger partial charge >= 0.3 is 0 Å². The molecule has 0 aliphatic heterocycles. The van der Waals surface area contributed by atoms with Gasteiger partial charge in [-0.25, -0.2) is 4.98 Å². The van der Waals surface area contributed by atoms with Gasteiger partial charge in [0, 0.05) is 18.5 Å². The second-order valence-corrected chi connectivity index (χ2v) is 6.74. The molecule has 0 bridgehead atoms. The second kappa shape index (κ2) is 7.20. The summed E-state index contributed by atoms with van der Waals surface area (Å²) in [6.07, 6.45) is 2.09. The summed E-state index contributed by atoms with van der Waals surface area (Å²) in [5.74, 6) is 0.780. The number of hydrogen-bond donors (Lipinski definition) is 0. The predicted octanol–water partition coefficient (Wildman–Crippen LogP) is 3.29. The van der Waals surface area contributed by atoms with Crippen molar-refractivity contribution in [2.24, 2.45) is 7.05 Å². The van der Waals surface area contributed by atoms with E-state index in [0.29, 0.717) is 11.9 Å². The van der Waals surface area contributed by atoms with E-state index < -0.39 is 0 Å². The van der Waals surface area contributed by atoms with E-state index in [1.165, 1.54) is 10.5 Å². The van der Waals surface area contributed by atoms with Gasteiger partial charge in [0.25, 0.3) is 5.56 Å². The molecule has 0 aliphatic carbocycles. The lowest BCUT2D eigenvalue weighted by molar-refractivity contribution is 0.303. The Labute approximate surface area is 146 Å². The van der Waals surface area contributed by atoms with Gasteiger partial charge in [0.2, 0.25) is 0 Å². The van der Waals surface area contributed by atoms with Crippen molar-refractivity contribution in [3.8, 4) is 0 Å². The lowest BCUT2D eigenvalue weighted by Gasteiger charge is -2.19. The fourth-order valence-electron chi connectivity index (χ4n) is 2.83. The molecule has 0 atom stereocenters. The Bertz CT molecular complexity index is 920. The van der Waals surface area contributed by atoms with Gasteiger partial charge in [-0.3, -0.25) is 14.3 Å². The number of rotatable bonds is 5. The van der Waals surface area contributed by atoms with Crippen molar-refractivity contribution in [2.75, 3.05) is 13.3 Å². The van der Waals surface area contributed by atoms with Crippen LogP contribution in [0.25, 0.3) is 10.9 Å². The lowest BCUT2D eigenvalue weighted by atomic mass is 10.2. The quantitative estimate of drug-likeness (QED) is 0.669. The molecule has 3 aromatic rings. The molecule has 0 N–H and O–H groups in total. The first-order valence-electron chi connectivity index (χ1n) is 7.85. The van der Waals surface area contributed by atoms with E-state index in [9.17, 15) is 4.79 Å². The maximum absolute atomic E-state index is 12.5. The zero-order valence-electron chi connectivity index (χ0n) is 14.2. The molecule has 1 aromatic heterocycles. The number of hydrogen-bond acceptors (Lipinski definition) is 4. The van der Waals surface area contributed by atoms with E-state index in [1.54, 1.807) is 23.4 Å². The largest absolute Gasteiger partial charge is 0.298 e. The Morgan fingerprint density at radius 2 is 1.79 bits per heavy atom. The SMILES string of the molecule is CSc1ccccc1CN(C)Cc1nc2ccccc2c(=O)n1C. The van der Waals surface area contributed by atoms with Crippen molar-refractivity contribution in [1.29, 1.82) is 0 Å². The minimum absolute atomic E-state index is 0.00788. The molecule has 0 saturated heterocycles. The molecule has 0 spiro atoms. The van der Waals surface area contributed by atoms with Crippen LogP contribution in [-0.4, -0.2) is 27.8 Å². The Balaban J connectivity index is 1.87. The van der Waals surface area contributed by atoms with Gasteiger partial charge in [0.05, 0.1) is 17.4 Å². The van der Waals surface area contributed by atoms with E-state index in [4.69, 9.17) is 0 Å². The van der Waals surface area contributed by atoms with E-state index >= 15 is 0 Å². The zero-order valence-corrected chi connectivity index (χ0v) is 15.0. The molecule has 24 heavy (non-hydrogen) atoms. The Morgan fingerprint density at radius 3 is 2.58 bits per heavy atom. The van der Waals surface area contributed by atoms with E-state index in [0.717, 1.165) is 17.9 Å². The van der Waals surface area contributed by atoms with Crippen LogP contribution in [0.5, 0.6) is 0 Å². The molecule has 2 aromatic carbocycles. The van der Waals surface area contributed by atoms with Gasteiger partial charge in [-0.05, 0) is 37.1 Å². The standard InChI is InChI=1S/C19H21N3OS/c1-21(12-14-8-4-7-11-17(14)24-3)13-18-20-16-10-6-5-9-15(16)19(23)22(18)2/h4-11H,12-13H2,1-3H3. The Morgan fingerprint density at radius 1 is 1.08 bits per heavy atom. The number of para-hydroxylation sites is 1. The van der Waals surface area contributed by atoms with Gasteiger partial charge in [-0.2, -0.15) is 0 Å². The van der Waals surface area contributed by atoms with Gasteiger partial charge < -0.3 is 0 Å². The van der Waals surface area contributed by atoms with E-state index in [1.807, 2.05) is 24.3 Å². The minimum Gasteiger partial charge on any atom is -0.298 e. The third-order valence-corrected chi connectivity index (χ3v) is 4.96. The summed E-state index contributed by atoms with van der Waals surface area (Å²) in [4.78, 5) is 20.6. The highest BCUT2D eigenvalue weighted by molar-refractivity contribution is 7.98. The van der Waals surface area contributed by atoms with Crippen molar-refractivity contribution in [3.63, 3.8) is 0 Å². The molecule has 4 nitrogen and oxygen atoms in total. The fourth-order valence-corrected chi connectivity index (χ4v) is 3.44. The maximum Gasteiger partial charge on any atom is 0.261 e. The third-order valence-electron chi connectivity index (χ3n) is 4.12. The van der Waals surface area contributed by atoms with Crippen molar-refractivity contribution in [3.05, 3.63) is 70.3 Å². The van der Waals surface area contributed by atoms with Crippen LogP contribution in [0.4, 0.5) is 0 Å². The average molecular weight is 339 g/mol. The molecule has 5 heteroatoms. The monoisotopic (exact) mass is 339 g/mol. The summed E-state index contributed by atoms with van der Waals surface area (Å²) in [5.41, 5.74) is 2.06. The van der Waals surface area contributed by atoms with Gasteiger partial charge in [-0.15, -0.1) is 11.8 Å². The number of fused-ring (bicyclic) bond motifs is 1. The number of nitrogens with zero attached hydrogens (tertiary/aromatic N) is 3. The molecule has 1 heterocycles. The topological polar surface area (TPSA) is 38.1 Å². The molecule has 0 radical (unpaired) electrons. The molecule has 0 aliphatic rings. The molecular formula is C19H21N3OS. The van der Waals surface area contributed by atoms with Crippen LogP contribution >= 0.6 is 11.8 Å². The molecule has 0 unspecified atom stereocenters. The van der Waals surface area contributed by atoms with Crippen LogP contribution in [0.2, 0.25) is 0 Å². The minimum atomic E-state index is 0.00788. The summed E-state index contributed by atoms with van der Waals surface area (Å²) in [6, 6.07) is 15.9. The summed E-state index contributed by atoms with van der Waals surface area (Å²) in [6.45, 7) is 1.44. The molecule has 0 fully saturated rings. The Kier molecular flexibility index (Phi) is 5.02. The van der Waals surface area contributed by atoms with Gasteiger partial charge in [0.1, 0.15) is 5.82 Å². The first-order valence-corrected chi connectivity index (χ1v) is 9.07. The molecule has 124 valence electrons. The lowest BCUT2D eigenvalue weighted by Crippen LogP contribution is -2.27. The molecular weight excluding hydrogens is 318 g/mol. The van der Waals surface area contributed by atoms with Crippen LogP contribution in [0.1, 0.15) is 11.4 Å². The maximum atomic E-state index is 12.5. The summed E-state index contributed by atoms with van der Waals surface area (Å²) in [7, 11) is 3.85. The van der Waals surface area contributed by atoms with Crippen molar-refractivity contribution < 1.29 is 0 Å². The Hall–Kier alpha value is -2.11. The fraction of sp³-hybridized carbons (Fsp3) is 0.263. The van der Waals surface area contributed by atoms with E-state index in [2.05, 4.69) is 47.5 Å². The highest BCUT2D eigenvalue weighted by atomic mass is 32.2. The van der Waals surface area contributed by atoms with Crippen molar-refractivity contribution in [2.45, 2.75) is 18.0 Å². The molecule has 3 rings (SSSR count). The summed E-state index contributed by atoms with van der Waals surface area (Å²) >= 11 is 1.75. The summed E-state index contributed by atoms with van der Waals surface area (Å²) < 4.78 is 1.65. The highest BCUT2D eigenvalue weighted by Gasteiger charge is 2.11. The van der Waals surface area contributed by atoms with Crippen LogP contribution in [0.15, 0.2) is 58.2 Å². The van der Waals surface area contributed by atoms with Crippen LogP contribution in [0.3, 0.4) is 0 Å². The highest BCUT2D eigenvalue weighted by Crippen LogP contribution is 2.21. The molecule has 0 amide bonds. The first-order chi connectivity index (χ1) is 11.6. The normalized spacial score (nSPS) is 11.3. The van der Waals surface area contributed by atoms with Crippen LogP contribution < -0.4 is 5.56 Å². The van der Waals surface area contributed by atoms with Crippen molar-refractivity contribution in [1.82, 2.24) is 14.5 Å². The summed E-state index contributed by atoms with van der Waals surface area (Å²) in [5, 5.41) is 0.666. The van der Waals surface area contributed by atoms with Crippen molar-refractivity contribution >= 4 is 22.7 Å².